The summed E-state index contributed by atoms with van der Waals surface area (Å²) in [5.74, 6) is -0.339. The third-order valence-corrected chi connectivity index (χ3v) is 2.51. The van der Waals surface area contributed by atoms with E-state index in [2.05, 4.69) is 23.8 Å². The van der Waals surface area contributed by atoms with Crippen molar-refractivity contribution in [1.82, 2.24) is 0 Å². The summed E-state index contributed by atoms with van der Waals surface area (Å²) in [7, 11) is 0. The first-order valence-electron chi connectivity index (χ1n) is 5.41. The van der Waals surface area contributed by atoms with E-state index < -0.39 is 0 Å². The Kier molecular flexibility index (Phi) is 3.10. The maximum absolute atomic E-state index is 9.47. The van der Waals surface area contributed by atoms with Crippen LogP contribution in [0.1, 0.15) is 0 Å². The number of benzene rings is 1. The Morgan fingerprint density at radius 1 is 0.833 bits per heavy atom. The quantitative estimate of drug-likeness (QED) is 0.475. The van der Waals surface area contributed by atoms with Crippen molar-refractivity contribution in [1.29, 1.82) is 0 Å². The average molecular weight is 242 g/mol. The number of nitrogens with one attached hydrogen (secondary N) is 2. The van der Waals surface area contributed by atoms with E-state index in [4.69, 9.17) is 0 Å². The number of anilines is 2. The molecule has 1 aromatic carbocycles. The standard InChI is InChI=1S/C14H14N2O2/c1-3-5-9-10(6-4-2)16-12-8-14(18)13(17)7-11(12)15-9/h3-8,15-18H,1-2H2/b9-5+,10-6+. The van der Waals surface area contributed by atoms with Gasteiger partial charge in [-0.2, -0.15) is 0 Å². The molecular weight excluding hydrogens is 228 g/mol. The van der Waals surface area contributed by atoms with Crippen LogP contribution in [0.15, 0.2) is 61.0 Å². The Hall–Kier alpha value is -2.62. The number of rotatable bonds is 2. The zero-order chi connectivity index (χ0) is 13.1. The van der Waals surface area contributed by atoms with E-state index >= 15 is 0 Å². The summed E-state index contributed by atoms with van der Waals surface area (Å²) in [5.41, 5.74) is 2.98. The smallest absolute Gasteiger partial charge is 0.159 e. The molecule has 0 spiro atoms. The predicted molar refractivity (Wildman–Crippen MR) is 73.6 cm³/mol. The van der Waals surface area contributed by atoms with Gasteiger partial charge in [0.1, 0.15) is 0 Å². The summed E-state index contributed by atoms with van der Waals surface area (Å²) in [6.07, 6.45) is 6.92. The number of allylic oxidation sites excluding steroid dienone is 4. The van der Waals surface area contributed by atoms with Crippen LogP contribution in [0, 0.1) is 0 Å². The average Bonchev–Trinajstić information content (AvgIpc) is 2.33. The number of fused-ring (bicyclic) bond motifs is 1. The Bertz CT molecular complexity index is 520. The molecule has 1 aliphatic rings. The minimum Gasteiger partial charge on any atom is -0.504 e. The van der Waals surface area contributed by atoms with Gasteiger partial charge < -0.3 is 20.8 Å². The van der Waals surface area contributed by atoms with Crippen LogP contribution in [0.4, 0.5) is 11.4 Å². The molecule has 0 aliphatic carbocycles. The highest BCUT2D eigenvalue weighted by Gasteiger charge is 2.17. The number of phenolic OH excluding ortho intramolecular Hbond substituents is 2. The van der Waals surface area contributed by atoms with Crippen molar-refractivity contribution in [3.8, 4) is 11.5 Å². The van der Waals surface area contributed by atoms with E-state index in [-0.39, 0.29) is 11.5 Å². The van der Waals surface area contributed by atoms with E-state index in [1.165, 1.54) is 12.1 Å². The molecule has 0 radical (unpaired) electrons. The van der Waals surface area contributed by atoms with Gasteiger partial charge in [-0.05, 0) is 12.2 Å². The molecule has 0 amide bonds. The van der Waals surface area contributed by atoms with Gasteiger partial charge in [0.25, 0.3) is 0 Å². The molecule has 92 valence electrons. The molecule has 2 rings (SSSR count). The van der Waals surface area contributed by atoms with Crippen LogP contribution in [0.25, 0.3) is 0 Å². The van der Waals surface area contributed by atoms with Crippen molar-refractivity contribution < 1.29 is 10.2 Å². The van der Waals surface area contributed by atoms with Crippen molar-refractivity contribution in [2.24, 2.45) is 0 Å². The molecule has 1 heterocycles. The van der Waals surface area contributed by atoms with Crippen LogP contribution in [0.3, 0.4) is 0 Å². The topological polar surface area (TPSA) is 64.5 Å². The SMILES string of the molecule is C=C/C=C1/Nc2cc(O)c(O)cc2N/C1=C/C=C. The second-order valence-corrected chi connectivity index (χ2v) is 3.77. The maximum atomic E-state index is 9.47. The van der Waals surface area contributed by atoms with Gasteiger partial charge in [-0.15, -0.1) is 0 Å². The molecule has 0 saturated heterocycles. The maximum Gasteiger partial charge on any atom is 0.159 e. The third-order valence-electron chi connectivity index (χ3n) is 2.51. The van der Waals surface area contributed by atoms with E-state index in [0.717, 1.165) is 11.4 Å². The second-order valence-electron chi connectivity index (χ2n) is 3.77. The number of aromatic hydroxyl groups is 2. The van der Waals surface area contributed by atoms with E-state index in [1.807, 2.05) is 0 Å². The monoisotopic (exact) mass is 242 g/mol. The highest BCUT2D eigenvalue weighted by molar-refractivity contribution is 5.82. The fourth-order valence-corrected chi connectivity index (χ4v) is 1.71. The summed E-state index contributed by atoms with van der Waals surface area (Å²) in [6.45, 7) is 7.30. The molecule has 0 saturated carbocycles. The van der Waals surface area contributed by atoms with Gasteiger partial charge in [0.05, 0.1) is 22.8 Å². The van der Waals surface area contributed by atoms with Crippen molar-refractivity contribution in [2.75, 3.05) is 10.6 Å². The molecule has 0 bridgehead atoms. The zero-order valence-corrected chi connectivity index (χ0v) is 9.77. The molecule has 0 fully saturated rings. The molecule has 4 nitrogen and oxygen atoms in total. The van der Waals surface area contributed by atoms with Crippen LogP contribution in [0.2, 0.25) is 0 Å². The largest absolute Gasteiger partial charge is 0.504 e. The number of hydrogen-bond donors (Lipinski definition) is 4. The molecular formula is C14H14N2O2. The molecule has 1 aliphatic heterocycles. The van der Waals surface area contributed by atoms with Gasteiger partial charge >= 0.3 is 0 Å². The Morgan fingerprint density at radius 3 is 1.56 bits per heavy atom. The van der Waals surface area contributed by atoms with Gasteiger partial charge in [0.15, 0.2) is 11.5 Å². The first-order valence-corrected chi connectivity index (χ1v) is 5.41. The van der Waals surface area contributed by atoms with Gasteiger partial charge in [-0.1, -0.05) is 25.3 Å². The van der Waals surface area contributed by atoms with E-state index in [9.17, 15) is 10.2 Å². The van der Waals surface area contributed by atoms with Gasteiger partial charge in [0, 0.05) is 12.1 Å². The van der Waals surface area contributed by atoms with Crippen LogP contribution in [-0.4, -0.2) is 10.2 Å². The van der Waals surface area contributed by atoms with Gasteiger partial charge in [-0.25, -0.2) is 0 Å². The van der Waals surface area contributed by atoms with Crippen molar-refractivity contribution in [3.05, 3.63) is 61.0 Å². The molecule has 18 heavy (non-hydrogen) atoms. The summed E-state index contributed by atoms with van der Waals surface area (Å²) < 4.78 is 0. The summed E-state index contributed by atoms with van der Waals surface area (Å²) in [4.78, 5) is 0. The lowest BCUT2D eigenvalue weighted by molar-refractivity contribution is 0.404. The lowest BCUT2D eigenvalue weighted by Crippen LogP contribution is -2.16. The summed E-state index contributed by atoms with van der Waals surface area (Å²) in [6, 6.07) is 2.92. The second kappa shape index (κ2) is 4.71. The normalized spacial score (nSPS) is 17.8. The van der Waals surface area contributed by atoms with E-state index in [1.54, 1.807) is 24.3 Å². The Morgan fingerprint density at radius 2 is 1.22 bits per heavy atom. The van der Waals surface area contributed by atoms with Gasteiger partial charge in [-0.3, -0.25) is 0 Å². The fraction of sp³-hybridized carbons (Fsp3) is 0. The predicted octanol–water partition coefficient (Wildman–Crippen LogP) is 3.08. The first-order chi connectivity index (χ1) is 8.65. The zero-order valence-electron chi connectivity index (χ0n) is 9.77. The third kappa shape index (κ3) is 2.08. The highest BCUT2D eigenvalue weighted by atomic mass is 16.3. The number of phenols is 2. The molecule has 0 atom stereocenters. The number of hydrogen-bond acceptors (Lipinski definition) is 4. The molecule has 4 heteroatoms. The lowest BCUT2D eigenvalue weighted by atomic mass is 10.1. The highest BCUT2D eigenvalue weighted by Crippen LogP contribution is 2.39. The van der Waals surface area contributed by atoms with E-state index in [0.29, 0.717) is 11.4 Å². The summed E-state index contributed by atoms with van der Waals surface area (Å²) >= 11 is 0. The van der Waals surface area contributed by atoms with Crippen LogP contribution in [0.5, 0.6) is 11.5 Å². The van der Waals surface area contributed by atoms with Crippen LogP contribution >= 0.6 is 0 Å². The lowest BCUT2D eigenvalue weighted by Gasteiger charge is -2.25. The first kappa shape index (κ1) is 11.9. The van der Waals surface area contributed by atoms with Crippen LogP contribution < -0.4 is 10.6 Å². The van der Waals surface area contributed by atoms with Crippen molar-refractivity contribution in [2.45, 2.75) is 0 Å². The Labute approximate surface area is 105 Å². The fourth-order valence-electron chi connectivity index (χ4n) is 1.71. The van der Waals surface area contributed by atoms with Crippen molar-refractivity contribution in [3.63, 3.8) is 0 Å². The minimum atomic E-state index is -0.169. The molecule has 0 unspecified atom stereocenters. The van der Waals surface area contributed by atoms with Crippen molar-refractivity contribution >= 4 is 11.4 Å². The molecule has 0 aromatic heterocycles. The summed E-state index contributed by atoms with van der Waals surface area (Å²) in [5, 5.41) is 25.2. The van der Waals surface area contributed by atoms with Crippen LogP contribution in [-0.2, 0) is 0 Å². The molecule has 1 aromatic rings. The Balaban J connectivity index is 2.51. The van der Waals surface area contributed by atoms with Gasteiger partial charge in [0.2, 0.25) is 0 Å². The molecule has 4 N–H and O–H groups in total. The minimum absolute atomic E-state index is 0.169.